The number of carbonyl (C=O) groups is 1. The average molecular weight is 242 g/mol. The van der Waals surface area contributed by atoms with Gasteiger partial charge in [0.15, 0.2) is 0 Å². The van der Waals surface area contributed by atoms with Crippen LogP contribution >= 0.6 is 0 Å². The van der Waals surface area contributed by atoms with E-state index in [9.17, 15) is 4.79 Å². The molecule has 0 heterocycles. The van der Waals surface area contributed by atoms with Gasteiger partial charge < -0.3 is 11.1 Å². The van der Waals surface area contributed by atoms with E-state index >= 15 is 0 Å². The summed E-state index contributed by atoms with van der Waals surface area (Å²) >= 11 is 0. The predicted molar refractivity (Wildman–Crippen MR) is 73.8 cm³/mol. The second-order valence-electron chi connectivity index (χ2n) is 5.66. The van der Waals surface area contributed by atoms with Gasteiger partial charge in [0.05, 0.1) is 0 Å². The maximum absolute atomic E-state index is 11.8. The average Bonchev–Trinajstić information content (AvgIpc) is 2.26. The predicted octanol–water partition coefficient (Wildman–Crippen LogP) is 2.84. The van der Waals surface area contributed by atoms with Crippen molar-refractivity contribution in [3.63, 3.8) is 0 Å². The summed E-state index contributed by atoms with van der Waals surface area (Å²) in [5, 5.41) is 3.11. The van der Waals surface area contributed by atoms with Gasteiger partial charge in [-0.3, -0.25) is 4.79 Å². The maximum atomic E-state index is 11.8. The Morgan fingerprint density at radius 2 is 1.94 bits per heavy atom. The quantitative estimate of drug-likeness (QED) is 0.653. The molecule has 0 saturated heterocycles. The Morgan fingerprint density at radius 3 is 2.41 bits per heavy atom. The topological polar surface area (TPSA) is 55.1 Å². The van der Waals surface area contributed by atoms with Crippen molar-refractivity contribution in [1.29, 1.82) is 0 Å². The lowest BCUT2D eigenvalue weighted by Gasteiger charge is -2.24. The molecule has 0 radical (unpaired) electrons. The van der Waals surface area contributed by atoms with Crippen LogP contribution in [0.25, 0.3) is 0 Å². The SMILES string of the molecule is CCCC(CC)NC(=O)CCC(C)(C)CCN. The van der Waals surface area contributed by atoms with Crippen LogP contribution in [0.3, 0.4) is 0 Å². The number of nitrogens with one attached hydrogen (secondary N) is 1. The Morgan fingerprint density at radius 1 is 1.29 bits per heavy atom. The first kappa shape index (κ1) is 16.4. The Hall–Kier alpha value is -0.570. The first-order chi connectivity index (χ1) is 7.95. The van der Waals surface area contributed by atoms with E-state index in [1.54, 1.807) is 0 Å². The van der Waals surface area contributed by atoms with E-state index in [1.807, 2.05) is 0 Å². The van der Waals surface area contributed by atoms with E-state index in [0.717, 1.165) is 32.1 Å². The van der Waals surface area contributed by atoms with E-state index in [0.29, 0.717) is 19.0 Å². The minimum absolute atomic E-state index is 0.179. The van der Waals surface area contributed by atoms with Gasteiger partial charge >= 0.3 is 0 Å². The molecule has 0 fully saturated rings. The van der Waals surface area contributed by atoms with Crippen LogP contribution in [-0.4, -0.2) is 18.5 Å². The molecule has 0 bridgehead atoms. The van der Waals surface area contributed by atoms with Crippen molar-refractivity contribution in [3.05, 3.63) is 0 Å². The molecule has 3 nitrogen and oxygen atoms in total. The van der Waals surface area contributed by atoms with E-state index < -0.39 is 0 Å². The molecule has 0 aromatic carbocycles. The lowest BCUT2D eigenvalue weighted by atomic mass is 9.84. The Bertz CT molecular complexity index is 214. The van der Waals surface area contributed by atoms with Gasteiger partial charge in [-0.1, -0.05) is 34.1 Å². The van der Waals surface area contributed by atoms with Gasteiger partial charge in [-0.25, -0.2) is 0 Å². The molecule has 1 unspecified atom stereocenters. The molecule has 0 aliphatic heterocycles. The van der Waals surface area contributed by atoms with E-state index in [2.05, 4.69) is 33.0 Å². The Kier molecular flexibility index (Phi) is 8.23. The zero-order valence-electron chi connectivity index (χ0n) is 12.0. The highest BCUT2D eigenvalue weighted by Gasteiger charge is 2.19. The summed E-state index contributed by atoms with van der Waals surface area (Å²) in [4.78, 5) is 11.8. The molecule has 0 aliphatic carbocycles. The fourth-order valence-electron chi connectivity index (χ4n) is 1.99. The van der Waals surface area contributed by atoms with Crippen LogP contribution in [0.15, 0.2) is 0 Å². The largest absolute Gasteiger partial charge is 0.353 e. The first-order valence-electron chi connectivity index (χ1n) is 6.94. The number of hydrogen-bond acceptors (Lipinski definition) is 2. The van der Waals surface area contributed by atoms with Crippen molar-refractivity contribution < 1.29 is 4.79 Å². The third-order valence-corrected chi connectivity index (χ3v) is 3.35. The molecule has 0 aromatic heterocycles. The molecule has 0 rings (SSSR count). The molecule has 0 aromatic rings. The van der Waals surface area contributed by atoms with Crippen LogP contribution in [-0.2, 0) is 4.79 Å². The van der Waals surface area contributed by atoms with Gasteiger partial charge in [0.25, 0.3) is 0 Å². The zero-order chi connectivity index (χ0) is 13.3. The highest BCUT2D eigenvalue weighted by Crippen LogP contribution is 2.25. The molecule has 17 heavy (non-hydrogen) atoms. The van der Waals surface area contributed by atoms with Gasteiger partial charge in [-0.15, -0.1) is 0 Å². The van der Waals surface area contributed by atoms with Crippen molar-refractivity contribution >= 4 is 5.91 Å². The standard InChI is InChI=1S/C14H30N2O/c1-5-7-12(6-2)16-13(17)8-9-14(3,4)10-11-15/h12H,5-11,15H2,1-4H3,(H,16,17). The molecule has 3 heteroatoms. The summed E-state index contributed by atoms with van der Waals surface area (Å²) in [6, 6.07) is 0.352. The third-order valence-electron chi connectivity index (χ3n) is 3.35. The van der Waals surface area contributed by atoms with Crippen LogP contribution in [0.5, 0.6) is 0 Å². The van der Waals surface area contributed by atoms with E-state index in [1.165, 1.54) is 0 Å². The lowest BCUT2D eigenvalue weighted by Crippen LogP contribution is -2.34. The van der Waals surface area contributed by atoms with Crippen molar-refractivity contribution in [3.8, 4) is 0 Å². The molecule has 0 saturated carbocycles. The van der Waals surface area contributed by atoms with E-state index in [4.69, 9.17) is 5.73 Å². The molecule has 102 valence electrons. The van der Waals surface area contributed by atoms with Crippen molar-refractivity contribution in [1.82, 2.24) is 5.32 Å². The van der Waals surface area contributed by atoms with Gasteiger partial charge in [0, 0.05) is 12.5 Å². The van der Waals surface area contributed by atoms with Crippen molar-refractivity contribution in [2.45, 2.75) is 72.3 Å². The van der Waals surface area contributed by atoms with Gasteiger partial charge in [0.2, 0.25) is 5.91 Å². The molecular formula is C14H30N2O. The summed E-state index contributed by atoms with van der Waals surface area (Å²) in [6.07, 6.45) is 5.73. The minimum Gasteiger partial charge on any atom is -0.353 e. The number of nitrogens with two attached hydrogens (primary N) is 1. The summed E-state index contributed by atoms with van der Waals surface area (Å²) in [5.74, 6) is 0.190. The fourth-order valence-corrected chi connectivity index (χ4v) is 1.99. The maximum Gasteiger partial charge on any atom is 0.220 e. The molecular weight excluding hydrogens is 212 g/mol. The molecule has 1 amide bonds. The third kappa shape index (κ3) is 8.19. The molecule has 3 N–H and O–H groups in total. The number of amides is 1. The lowest BCUT2D eigenvalue weighted by molar-refractivity contribution is -0.122. The highest BCUT2D eigenvalue weighted by atomic mass is 16.1. The van der Waals surface area contributed by atoms with Gasteiger partial charge in [-0.2, -0.15) is 0 Å². The number of hydrogen-bond donors (Lipinski definition) is 2. The fraction of sp³-hybridized carbons (Fsp3) is 0.929. The Balaban J connectivity index is 3.93. The summed E-state index contributed by atoms with van der Waals surface area (Å²) < 4.78 is 0. The van der Waals surface area contributed by atoms with Gasteiger partial charge in [0.1, 0.15) is 0 Å². The second kappa shape index (κ2) is 8.51. The monoisotopic (exact) mass is 242 g/mol. The van der Waals surface area contributed by atoms with E-state index in [-0.39, 0.29) is 11.3 Å². The van der Waals surface area contributed by atoms with Crippen molar-refractivity contribution in [2.24, 2.45) is 11.1 Å². The Labute approximate surface area is 107 Å². The van der Waals surface area contributed by atoms with Crippen LogP contribution in [0.1, 0.15) is 66.2 Å². The minimum atomic E-state index is 0.179. The summed E-state index contributed by atoms with van der Waals surface area (Å²) in [6.45, 7) is 9.33. The van der Waals surface area contributed by atoms with Crippen LogP contribution in [0.2, 0.25) is 0 Å². The molecule has 0 spiro atoms. The summed E-state index contributed by atoms with van der Waals surface area (Å²) in [7, 11) is 0. The summed E-state index contributed by atoms with van der Waals surface area (Å²) in [5.41, 5.74) is 5.74. The number of carbonyl (C=O) groups excluding carboxylic acids is 1. The zero-order valence-corrected chi connectivity index (χ0v) is 12.0. The van der Waals surface area contributed by atoms with Crippen LogP contribution < -0.4 is 11.1 Å². The van der Waals surface area contributed by atoms with Crippen LogP contribution in [0, 0.1) is 5.41 Å². The normalized spacial score (nSPS) is 13.5. The van der Waals surface area contributed by atoms with Crippen molar-refractivity contribution in [2.75, 3.05) is 6.54 Å². The van der Waals surface area contributed by atoms with Crippen LogP contribution in [0.4, 0.5) is 0 Å². The molecule has 0 aliphatic rings. The first-order valence-corrected chi connectivity index (χ1v) is 6.94. The number of rotatable bonds is 9. The molecule has 1 atom stereocenters. The highest BCUT2D eigenvalue weighted by molar-refractivity contribution is 5.76. The van der Waals surface area contributed by atoms with Gasteiger partial charge in [-0.05, 0) is 37.6 Å². The second-order valence-corrected chi connectivity index (χ2v) is 5.66. The smallest absolute Gasteiger partial charge is 0.220 e.